The monoisotopic (exact) mass is 260 g/mol. The Kier molecular flexibility index (Phi) is 1250. The first-order valence-electron chi connectivity index (χ1n) is 0. The van der Waals surface area contributed by atoms with Crippen LogP contribution < -0.4 is 62.0 Å². The molecule has 0 saturated heterocycles. The van der Waals surface area contributed by atoms with E-state index in [1.807, 2.05) is 0 Å². The van der Waals surface area contributed by atoms with Crippen LogP contribution in [-0.4, -0.2) is 0 Å². The molecule has 0 saturated carbocycles. The van der Waals surface area contributed by atoms with Gasteiger partial charge in [0.1, 0.15) is 0 Å². The van der Waals surface area contributed by atoms with Gasteiger partial charge in [-0.2, -0.15) is 0 Å². The van der Waals surface area contributed by atoms with Crippen molar-refractivity contribution < 1.29 is 96.2 Å². The van der Waals surface area contributed by atoms with Gasteiger partial charge in [0, 0.05) is 0 Å². The zero-order valence-corrected chi connectivity index (χ0v) is 9.07. The minimum Gasteiger partial charge on any atom is -1.00 e. The van der Waals surface area contributed by atoms with E-state index in [2.05, 4.69) is 0 Å². The molecule has 0 aromatic heterocycles. The van der Waals surface area contributed by atoms with Gasteiger partial charge in [0.05, 0.1) is 12.4 Å². The summed E-state index contributed by atoms with van der Waals surface area (Å²) >= 11 is 0. The van der Waals surface area contributed by atoms with Gasteiger partial charge in [-0.3, -0.25) is 0 Å². The van der Waals surface area contributed by atoms with Crippen LogP contribution in [0, 0.1) is 12.4 Å². The number of rotatable bonds is 0. The van der Waals surface area contributed by atoms with Crippen LogP contribution in [0.15, 0.2) is 0 Å². The molecular formula is H2Cl6Ti. The van der Waals surface area contributed by atoms with E-state index >= 15 is 0 Å². The summed E-state index contributed by atoms with van der Waals surface area (Å²) < 4.78 is 0. The van der Waals surface area contributed by atoms with E-state index in [-0.39, 0.29) is 96.2 Å². The molecule has 0 atom stereocenters. The standard InChI is InChI=1S/ClH2.5ClH.Ti/h1H2;5*1H;/q+1;;;;;;+4/p-5. The van der Waals surface area contributed by atoms with E-state index < -0.39 is 0 Å². The average Bonchev–Trinajstić information content (AvgIpc) is 0. The van der Waals surface area contributed by atoms with Crippen LogP contribution in [-0.2, 0) is 21.7 Å². The molecule has 0 aliphatic carbocycles. The van der Waals surface area contributed by atoms with Gasteiger partial charge in [0.25, 0.3) is 0 Å². The van der Waals surface area contributed by atoms with E-state index in [1.165, 1.54) is 0 Å². The maximum atomic E-state index is 0. The Balaban J connectivity index is 0. The van der Waals surface area contributed by atoms with Gasteiger partial charge in [-0.15, -0.1) is 0 Å². The zero-order chi connectivity index (χ0) is 0. The fourth-order valence-electron chi connectivity index (χ4n) is 0. The Hall–Kier alpha value is 2.45. The van der Waals surface area contributed by atoms with Gasteiger partial charge in [-0.1, -0.05) is 0 Å². The molecule has 0 unspecified atom stereocenters. The summed E-state index contributed by atoms with van der Waals surface area (Å²) in [6.07, 6.45) is 0. The SMILES string of the molecule is [Cl-].[Cl-].[Cl-].[Cl-].[Cl-].[ClH2+].[Ti+4]. The molecule has 0 aliphatic rings. The molecule has 7 heavy (non-hydrogen) atoms. The quantitative estimate of drug-likeness (QED) is 0.381. The van der Waals surface area contributed by atoms with Crippen LogP contribution in [0.5, 0.6) is 0 Å². The molecule has 48 valence electrons. The van der Waals surface area contributed by atoms with Crippen LogP contribution >= 0.6 is 0 Å². The normalized spacial score (nSPS) is 0. The molecule has 0 radical (unpaired) electrons. The average molecular weight is 263 g/mol. The molecule has 0 bridgehead atoms. The van der Waals surface area contributed by atoms with Crippen molar-refractivity contribution in [3.8, 4) is 0 Å². The van der Waals surface area contributed by atoms with Crippen molar-refractivity contribution >= 4 is 0 Å². The second-order valence-corrected chi connectivity index (χ2v) is 0. The molecule has 0 amide bonds. The van der Waals surface area contributed by atoms with Gasteiger partial charge < -0.3 is 62.0 Å². The van der Waals surface area contributed by atoms with E-state index in [4.69, 9.17) is 0 Å². The molecule has 0 aromatic rings. The van der Waals surface area contributed by atoms with Crippen molar-refractivity contribution in [2.45, 2.75) is 0 Å². The molecule has 0 rings (SSSR count). The van der Waals surface area contributed by atoms with Crippen LogP contribution in [0.3, 0.4) is 0 Å². The van der Waals surface area contributed by atoms with Crippen molar-refractivity contribution in [3.63, 3.8) is 0 Å². The minimum atomic E-state index is 0. The molecular weight excluding hydrogens is 261 g/mol. The molecule has 0 nitrogen and oxygen atoms in total. The van der Waals surface area contributed by atoms with Gasteiger partial charge in [-0.05, 0) is 0 Å². The zero-order valence-electron chi connectivity index (χ0n) is 2.84. The summed E-state index contributed by atoms with van der Waals surface area (Å²) in [6, 6.07) is 0. The van der Waals surface area contributed by atoms with Crippen LogP contribution in [0.2, 0.25) is 0 Å². The Bertz CT molecular complexity index is 4.14. The van der Waals surface area contributed by atoms with Crippen molar-refractivity contribution in [2.24, 2.45) is 0 Å². The number of halogens is 6. The Morgan fingerprint density at radius 3 is 0.429 bits per heavy atom. The minimum absolute atomic E-state index is 0. The molecule has 7 heteroatoms. The summed E-state index contributed by atoms with van der Waals surface area (Å²) in [5.74, 6) is 0. The summed E-state index contributed by atoms with van der Waals surface area (Å²) in [4.78, 5) is 0. The smallest absolute Gasteiger partial charge is 1.00 e. The van der Waals surface area contributed by atoms with Gasteiger partial charge in [0.15, 0.2) is 0 Å². The first-order chi connectivity index (χ1) is 0. The number of hydrogen-bond acceptors (Lipinski definition) is 0. The molecule has 0 aliphatic heterocycles. The van der Waals surface area contributed by atoms with Crippen molar-refractivity contribution in [2.75, 3.05) is 0 Å². The Labute approximate surface area is 95.3 Å². The van der Waals surface area contributed by atoms with E-state index in [0.717, 1.165) is 0 Å². The predicted octanol–water partition coefficient (Wildman–Crippen LogP) is -15.5. The molecule has 0 N–H and O–H groups in total. The second kappa shape index (κ2) is 78.0. The third-order valence-corrected chi connectivity index (χ3v) is 0. The fraction of sp³-hybridized carbons (Fsp3) is 0. The summed E-state index contributed by atoms with van der Waals surface area (Å²) in [7, 11) is 0. The summed E-state index contributed by atoms with van der Waals surface area (Å²) in [5, 5.41) is 0. The van der Waals surface area contributed by atoms with Gasteiger partial charge in [-0.25, -0.2) is 0 Å². The number of hydrogen-bond donors (Lipinski definition) is 0. The largest absolute Gasteiger partial charge is 4.00 e. The first-order valence-corrected chi connectivity index (χ1v) is 0. The van der Waals surface area contributed by atoms with Crippen LogP contribution in [0.4, 0.5) is 0 Å². The predicted molar refractivity (Wildman–Crippen MR) is 2.79 cm³/mol. The van der Waals surface area contributed by atoms with Gasteiger partial charge in [0.2, 0.25) is 0 Å². The van der Waals surface area contributed by atoms with Crippen LogP contribution in [0.25, 0.3) is 0 Å². The van der Waals surface area contributed by atoms with E-state index in [1.54, 1.807) is 0 Å². The fourth-order valence-corrected chi connectivity index (χ4v) is 0. The van der Waals surface area contributed by atoms with E-state index in [0.29, 0.717) is 0 Å². The molecule has 0 spiro atoms. The topological polar surface area (TPSA) is 0 Å². The van der Waals surface area contributed by atoms with Crippen molar-refractivity contribution in [1.82, 2.24) is 0 Å². The van der Waals surface area contributed by atoms with Gasteiger partial charge >= 0.3 is 21.7 Å². The van der Waals surface area contributed by atoms with Crippen molar-refractivity contribution in [1.29, 1.82) is 0 Å². The third-order valence-electron chi connectivity index (χ3n) is 0. The Morgan fingerprint density at radius 2 is 0.429 bits per heavy atom. The maximum absolute atomic E-state index is 0. The van der Waals surface area contributed by atoms with Crippen LogP contribution in [0.1, 0.15) is 0 Å². The summed E-state index contributed by atoms with van der Waals surface area (Å²) in [5.41, 5.74) is 0. The Morgan fingerprint density at radius 1 is 0.429 bits per heavy atom. The molecule has 0 fully saturated rings. The summed E-state index contributed by atoms with van der Waals surface area (Å²) in [6.45, 7) is 0. The maximum Gasteiger partial charge on any atom is 4.00 e. The van der Waals surface area contributed by atoms with Crippen molar-refractivity contribution in [3.05, 3.63) is 0 Å². The first kappa shape index (κ1) is 112. The molecule has 0 heterocycles. The third kappa shape index (κ3) is 58.5. The second-order valence-electron chi connectivity index (χ2n) is 0. The van der Waals surface area contributed by atoms with E-state index in [9.17, 15) is 0 Å². The molecule has 0 aromatic carbocycles.